The van der Waals surface area contributed by atoms with Crippen LogP contribution in [-0.4, -0.2) is 0 Å². The average molecular weight is 138 g/mol. The molecule has 58 valence electrons. The molecule has 0 amide bonds. The lowest BCUT2D eigenvalue weighted by Gasteiger charge is -2.19. The molecule has 1 aliphatic carbocycles. The molecule has 0 atom stereocenters. The van der Waals surface area contributed by atoms with Crippen LogP contribution in [0.3, 0.4) is 0 Å². The summed E-state index contributed by atoms with van der Waals surface area (Å²) in [5.41, 5.74) is 0. The van der Waals surface area contributed by atoms with Crippen LogP contribution in [0.15, 0.2) is 0 Å². The molecule has 0 aromatic carbocycles. The van der Waals surface area contributed by atoms with Gasteiger partial charge in [-0.3, -0.25) is 0 Å². The van der Waals surface area contributed by atoms with Crippen LogP contribution in [0.1, 0.15) is 38.5 Å². The molecule has 0 N–H and O–H groups in total. The highest BCUT2D eigenvalue weighted by Gasteiger charge is 2.21. The van der Waals surface area contributed by atoms with Gasteiger partial charge in [0.2, 0.25) is 0 Å². The van der Waals surface area contributed by atoms with Crippen molar-refractivity contribution in [1.82, 2.24) is 0 Å². The first kappa shape index (κ1) is 8.10. The molecule has 0 bridgehead atoms. The summed E-state index contributed by atoms with van der Waals surface area (Å²) in [7, 11) is 0. The Morgan fingerprint density at radius 2 is 1.60 bits per heavy atom. The largest absolute Gasteiger partial charge is 0.0530 e. The molecule has 10 heavy (non-hydrogen) atoms. The van der Waals surface area contributed by atoms with E-state index in [0.717, 1.165) is 24.7 Å². The number of rotatable bonds is 3. The fourth-order valence-electron chi connectivity index (χ4n) is 2.04. The number of hydrogen-bond acceptors (Lipinski definition) is 0. The van der Waals surface area contributed by atoms with Crippen LogP contribution in [0.5, 0.6) is 0 Å². The Labute approximate surface area is 65.0 Å². The maximum absolute atomic E-state index is 3.96. The zero-order chi connectivity index (χ0) is 7.40. The Hall–Kier alpha value is 0. The molecule has 0 spiro atoms. The van der Waals surface area contributed by atoms with Crippen LogP contribution in [-0.2, 0) is 0 Å². The van der Waals surface area contributed by atoms with Gasteiger partial charge in [0, 0.05) is 0 Å². The highest BCUT2D eigenvalue weighted by Crippen LogP contribution is 2.34. The fourth-order valence-corrected chi connectivity index (χ4v) is 2.04. The zero-order valence-electron chi connectivity index (χ0n) is 6.81. The molecule has 0 heteroatoms. The van der Waals surface area contributed by atoms with E-state index >= 15 is 0 Å². The van der Waals surface area contributed by atoms with Gasteiger partial charge in [-0.2, -0.15) is 0 Å². The molecule has 0 nitrogen and oxygen atoms in total. The van der Waals surface area contributed by atoms with E-state index in [2.05, 4.69) is 13.8 Å². The van der Waals surface area contributed by atoms with Crippen molar-refractivity contribution in [3.8, 4) is 0 Å². The Kier molecular flexibility index (Phi) is 3.24. The van der Waals surface area contributed by atoms with Crippen molar-refractivity contribution in [3.05, 3.63) is 13.8 Å². The van der Waals surface area contributed by atoms with Crippen molar-refractivity contribution in [2.45, 2.75) is 38.5 Å². The van der Waals surface area contributed by atoms with Gasteiger partial charge in [-0.1, -0.05) is 52.4 Å². The summed E-state index contributed by atoms with van der Waals surface area (Å²) in [5.74, 6) is 1.79. The summed E-state index contributed by atoms with van der Waals surface area (Å²) in [6, 6.07) is 0. The molecule has 1 rings (SSSR count). The Morgan fingerprint density at radius 3 is 2.00 bits per heavy atom. The van der Waals surface area contributed by atoms with Gasteiger partial charge in [-0.25, -0.2) is 0 Å². The van der Waals surface area contributed by atoms with Crippen molar-refractivity contribution >= 4 is 0 Å². The zero-order valence-corrected chi connectivity index (χ0v) is 6.81. The molecule has 0 aromatic heterocycles. The first-order valence-electron chi connectivity index (χ1n) is 4.47. The van der Waals surface area contributed by atoms with E-state index in [1.54, 1.807) is 0 Å². The maximum Gasteiger partial charge on any atom is -0.0386 e. The summed E-state index contributed by atoms with van der Waals surface area (Å²) in [5, 5.41) is 0. The lowest BCUT2D eigenvalue weighted by molar-refractivity contribution is 0.342. The van der Waals surface area contributed by atoms with Gasteiger partial charge in [0.05, 0.1) is 0 Å². The maximum atomic E-state index is 3.96. The normalized spacial score (nSPS) is 20.7. The van der Waals surface area contributed by atoms with Crippen LogP contribution in [0.2, 0.25) is 0 Å². The first-order chi connectivity index (χ1) is 4.88. The first-order valence-corrected chi connectivity index (χ1v) is 4.47. The minimum Gasteiger partial charge on any atom is -0.0530 e. The van der Waals surface area contributed by atoms with Gasteiger partial charge in [0.1, 0.15) is 0 Å². The lowest BCUT2D eigenvalue weighted by Crippen LogP contribution is -2.09. The summed E-state index contributed by atoms with van der Waals surface area (Å²) in [6.07, 6.45) is 7.95. The van der Waals surface area contributed by atoms with E-state index in [4.69, 9.17) is 0 Å². The molecule has 1 saturated carbocycles. The lowest BCUT2D eigenvalue weighted by atomic mass is 9.87. The predicted octanol–water partition coefficient (Wildman–Crippen LogP) is 3.24. The molecule has 0 aliphatic heterocycles. The van der Waals surface area contributed by atoms with Crippen molar-refractivity contribution in [2.24, 2.45) is 11.8 Å². The van der Waals surface area contributed by atoms with Gasteiger partial charge in [-0.15, -0.1) is 0 Å². The Balaban J connectivity index is 2.29. The molecule has 2 radical (unpaired) electrons. The molecule has 1 fully saturated rings. The second-order valence-electron chi connectivity index (χ2n) is 3.38. The van der Waals surface area contributed by atoms with E-state index < -0.39 is 0 Å². The van der Waals surface area contributed by atoms with E-state index in [0.29, 0.717) is 0 Å². The molecular formula is C10H18. The van der Waals surface area contributed by atoms with Crippen LogP contribution < -0.4 is 0 Å². The smallest absolute Gasteiger partial charge is 0.0386 e. The Bertz CT molecular complexity index is 76.0. The topological polar surface area (TPSA) is 0 Å². The summed E-state index contributed by atoms with van der Waals surface area (Å²) in [6.45, 7) is 7.92. The van der Waals surface area contributed by atoms with Crippen molar-refractivity contribution in [2.75, 3.05) is 0 Å². The molecule has 0 heterocycles. The molecular weight excluding hydrogens is 120 g/mol. The van der Waals surface area contributed by atoms with Crippen molar-refractivity contribution in [3.63, 3.8) is 0 Å². The second kappa shape index (κ2) is 4.00. The SMILES string of the molecule is [CH2]CC(C[CH2])C1CCCC1. The molecule has 1 aliphatic rings. The minimum absolute atomic E-state index is 0.822. The molecule has 0 saturated heterocycles. The average Bonchev–Trinajstić information content (AvgIpc) is 2.43. The standard InChI is InChI=1S/C10H18/c1-3-9(4-2)10-7-5-6-8-10/h9-10H,1-8H2. The predicted molar refractivity (Wildman–Crippen MR) is 45.4 cm³/mol. The van der Waals surface area contributed by atoms with Crippen LogP contribution in [0.4, 0.5) is 0 Å². The van der Waals surface area contributed by atoms with Crippen LogP contribution >= 0.6 is 0 Å². The molecule has 0 unspecified atom stereocenters. The van der Waals surface area contributed by atoms with Crippen LogP contribution in [0.25, 0.3) is 0 Å². The third-order valence-corrected chi connectivity index (χ3v) is 2.81. The number of hydrogen-bond donors (Lipinski definition) is 0. The van der Waals surface area contributed by atoms with Gasteiger partial charge >= 0.3 is 0 Å². The quantitative estimate of drug-likeness (QED) is 0.561. The van der Waals surface area contributed by atoms with E-state index in [1.807, 2.05) is 0 Å². The summed E-state index contributed by atoms with van der Waals surface area (Å²) in [4.78, 5) is 0. The van der Waals surface area contributed by atoms with E-state index in [9.17, 15) is 0 Å². The third-order valence-electron chi connectivity index (χ3n) is 2.81. The van der Waals surface area contributed by atoms with E-state index in [-0.39, 0.29) is 0 Å². The van der Waals surface area contributed by atoms with Gasteiger partial charge in [0.15, 0.2) is 0 Å². The summed E-state index contributed by atoms with van der Waals surface area (Å²) < 4.78 is 0. The Morgan fingerprint density at radius 1 is 1.10 bits per heavy atom. The minimum atomic E-state index is 0.822. The second-order valence-corrected chi connectivity index (χ2v) is 3.38. The van der Waals surface area contributed by atoms with E-state index in [1.165, 1.54) is 25.7 Å². The van der Waals surface area contributed by atoms with Gasteiger partial charge in [-0.05, 0) is 11.8 Å². The van der Waals surface area contributed by atoms with Crippen molar-refractivity contribution in [1.29, 1.82) is 0 Å². The van der Waals surface area contributed by atoms with Crippen LogP contribution in [0, 0.1) is 25.7 Å². The third kappa shape index (κ3) is 1.74. The molecule has 0 aromatic rings. The monoisotopic (exact) mass is 138 g/mol. The summed E-state index contributed by atoms with van der Waals surface area (Å²) >= 11 is 0. The fraction of sp³-hybridized carbons (Fsp3) is 0.800. The highest BCUT2D eigenvalue weighted by molar-refractivity contribution is 4.76. The highest BCUT2D eigenvalue weighted by atomic mass is 14.3. The van der Waals surface area contributed by atoms with Crippen molar-refractivity contribution < 1.29 is 0 Å². The van der Waals surface area contributed by atoms with Gasteiger partial charge in [0.25, 0.3) is 0 Å². The van der Waals surface area contributed by atoms with Gasteiger partial charge < -0.3 is 0 Å².